The third-order valence-electron chi connectivity index (χ3n) is 6.08. The lowest BCUT2D eigenvalue weighted by Crippen LogP contribution is -2.40. The molecule has 0 bridgehead atoms. The Balaban J connectivity index is 1.62. The molecule has 1 amide bonds. The number of rotatable bonds is 9. The normalized spacial score (nSPS) is 15.1. The first kappa shape index (κ1) is 25.6. The van der Waals surface area contributed by atoms with Gasteiger partial charge in [0.1, 0.15) is 11.3 Å². The Morgan fingerprint density at radius 3 is 2.40 bits per heavy atom. The van der Waals surface area contributed by atoms with Gasteiger partial charge < -0.3 is 9.64 Å². The number of carbonyl (C=O) groups excluding carboxylic acids is 1. The lowest BCUT2D eigenvalue weighted by atomic mass is 10.2. The average Bonchev–Trinajstić information content (AvgIpc) is 3.32. The minimum Gasteiger partial charge on any atom is -0.379 e. The van der Waals surface area contributed by atoms with Gasteiger partial charge in [-0.2, -0.15) is 4.31 Å². The number of anilines is 1. The first-order valence-corrected chi connectivity index (χ1v) is 13.9. The van der Waals surface area contributed by atoms with Crippen molar-refractivity contribution < 1.29 is 22.3 Å². The Morgan fingerprint density at radius 2 is 1.77 bits per heavy atom. The topological polar surface area (TPSA) is 83.1 Å². The fourth-order valence-corrected chi connectivity index (χ4v) is 6.36. The quantitative estimate of drug-likeness (QED) is 0.430. The minimum atomic E-state index is -3.66. The molecule has 3 aromatic rings. The number of para-hydroxylation sites is 1. The van der Waals surface area contributed by atoms with Crippen LogP contribution in [0.3, 0.4) is 0 Å². The van der Waals surface area contributed by atoms with Gasteiger partial charge in [0.2, 0.25) is 10.0 Å². The van der Waals surface area contributed by atoms with E-state index in [0.29, 0.717) is 54.8 Å². The summed E-state index contributed by atoms with van der Waals surface area (Å²) < 4.78 is 47.4. The zero-order valence-corrected chi connectivity index (χ0v) is 21.4. The number of sulfonamides is 1. The summed E-state index contributed by atoms with van der Waals surface area (Å²) in [6.07, 6.45) is 0. The van der Waals surface area contributed by atoms with Gasteiger partial charge >= 0.3 is 0 Å². The second kappa shape index (κ2) is 11.1. The summed E-state index contributed by atoms with van der Waals surface area (Å²) in [4.78, 5) is 21.9. The maximum atomic E-state index is 14.3. The number of ether oxygens (including phenoxy) is 1. The molecule has 11 heteroatoms. The average molecular weight is 521 g/mol. The number of carbonyl (C=O) groups is 1. The molecular formula is C24H29FN4O4S2. The maximum absolute atomic E-state index is 14.3. The number of nitrogens with zero attached hydrogens (tertiary/aromatic N) is 4. The molecule has 1 aromatic heterocycles. The van der Waals surface area contributed by atoms with Crippen LogP contribution in [0.5, 0.6) is 0 Å². The van der Waals surface area contributed by atoms with Crippen LogP contribution in [-0.4, -0.2) is 81.0 Å². The van der Waals surface area contributed by atoms with Gasteiger partial charge in [-0.15, -0.1) is 0 Å². The number of thiazole rings is 1. The molecule has 0 aliphatic carbocycles. The molecule has 0 atom stereocenters. The Kier molecular flexibility index (Phi) is 8.12. The highest BCUT2D eigenvalue weighted by Crippen LogP contribution is 2.31. The van der Waals surface area contributed by atoms with Crippen molar-refractivity contribution in [3.05, 3.63) is 53.8 Å². The highest BCUT2D eigenvalue weighted by Gasteiger charge is 2.27. The number of likely N-dealkylation sites (N-methyl/N-ethyl adjacent to an activating group) is 1. The Morgan fingerprint density at radius 1 is 1.09 bits per heavy atom. The summed E-state index contributed by atoms with van der Waals surface area (Å²) in [5, 5.41) is 0.410. The molecule has 8 nitrogen and oxygen atoms in total. The van der Waals surface area contributed by atoms with Crippen molar-refractivity contribution in [2.24, 2.45) is 0 Å². The molecule has 2 heterocycles. The Bertz CT molecular complexity index is 1270. The number of morpholine rings is 1. The largest absolute Gasteiger partial charge is 0.379 e. The van der Waals surface area contributed by atoms with Crippen molar-refractivity contribution in [3.8, 4) is 0 Å². The molecule has 1 aliphatic rings. The number of hydrogen-bond acceptors (Lipinski definition) is 7. The molecule has 0 radical (unpaired) electrons. The third-order valence-corrected chi connectivity index (χ3v) is 9.03. The highest BCUT2D eigenvalue weighted by atomic mass is 32.2. The molecule has 4 rings (SSSR count). The van der Waals surface area contributed by atoms with Crippen LogP contribution in [0, 0.1) is 5.82 Å². The van der Waals surface area contributed by atoms with Gasteiger partial charge in [-0.1, -0.05) is 31.3 Å². The molecule has 0 spiro atoms. The molecule has 1 saturated heterocycles. The van der Waals surface area contributed by atoms with Gasteiger partial charge in [0, 0.05) is 31.7 Å². The van der Waals surface area contributed by atoms with Crippen LogP contribution in [0.25, 0.3) is 10.2 Å². The highest BCUT2D eigenvalue weighted by molar-refractivity contribution is 7.89. The van der Waals surface area contributed by atoms with E-state index in [1.54, 1.807) is 17.0 Å². The summed E-state index contributed by atoms with van der Waals surface area (Å²) in [7, 11) is -3.66. The van der Waals surface area contributed by atoms with Gasteiger partial charge in [0.25, 0.3) is 5.91 Å². The molecule has 0 N–H and O–H groups in total. The van der Waals surface area contributed by atoms with Gasteiger partial charge in [0.15, 0.2) is 5.13 Å². The van der Waals surface area contributed by atoms with E-state index in [4.69, 9.17) is 4.74 Å². The van der Waals surface area contributed by atoms with Crippen molar-refractivity contribution in [2.45, 2.75) is 18.7 Å². The van der Waals surface area contributed by atoms with Crippen molar-refractivity contribution in [1.82, 2.24) is 14.2 Å². The number of aromatic nitrogens is 1. The van der Waals surface area contributed by atoms with E-state index in [1.165, 1.54) is 46.0 Å². The fraction of sp³-hybridized carbons (Fsp3) is 0.417. The molecule has 35 heavy (non-hydrogen) atoms. The van der Waals surface area contributed by atoms with Gasteiger partial charge in [-0.3, -0.25) is 9.69 Å². The zero-order valence-electron chi connectivity index (χ0n) is 19.8. The molecule has 1 fully saturated rings. The Hall–Kier alpha value is -2.44. The number of amides is 1. The van der Waals surface area contributed by atoms with Crippen LogP contribution in [0.2, 0.25) is 0 Å². The SMILES string of the molecule is CCN(CC)CCN(C(=O)c1ccc(S(=O)(=O)N2CCOCC2)cc1)c1nc2c(F)cccc2s1. The monoisotopic (exact) mass is 520 g/mol. The van der Waals surface area contributed by atoms with Crippen LogP contribution in [0.1, 0.15) is 24.2 Å². The van der Waals surface area contributed by atoms with E-state index in [2.05, 4.69) is 23.7 Å². The summed E-state index contributed by atoms with van der Waals surface area (Å²) >= 11 is 1.26. The fourth-order valence-electron chi connectivity index (χ4n) is 3.95. The van der Waals surface area contributed by atoms with Crippen LogP contribution < -0.4 is 4.90 Å². The first-order valence-electron chi connectivity index (χ1n) is 11.6. The van der Waals surface area contributed by atoms with E-state index in [0.717, 1.165) is 13.1 Å². The smallest absolute Gasteiger partial charge is 0.260 e. The number of hydrogen-bond donors (Lipinski definition) is 0. The van der Waals surface area contributed by atoms with Crippen molar-refractivity contribution >= 4 is 42.6 Å². The van der Waals surface area contributed by atoms with Crippen molar-refractivity contribution in [1.29, 1.82) is 0 Å². The van der Waals surface area contributed by atoms with Crippen molar-refractivity contribution in [2.75, 3.05) is 57.4 Å². The molecule has 2 aromatic carbocycles. The number of benzene rings is 2. The summed E-state index contributed by atoms with van der Waals surface area (Å²) in [6, 6.07) is 10.7. The standard InChI is InChI=1S/C24H29FN4O4S2/c1-3-27(4-2)12-13-29(24-26-22-20(25)6-5-7-21(22)34-24)23(30)18-8-10-19(11-9-18)35(31,32)28-14-16-33-17-15-28/h5-11H,3-4,12-17H2,1-2H3. The van der Waals surface area contributed by atoms with Crippen LogP contribution in [0.4, 0.5) is 9.52 Å². The first-order chi connectivity index (χ1) is 16.8. The third kappa shape index (κ3) is 5.54. The maximum Gasteiger partial charge on any atom is 0.260 e. The van der Waals surface area contributed by atoms with E-state index >= 15 is 0 Å². The van der Waals surface area contributed by atoms with Crippen LogP contribution >= 0.6 is 11.3 Å². The second-order valence-corrected chi connectivity index (χ2v) is 11.1. The summed E-state index contributed by atoms with van der Waals surface area (Å²) in [5.41, 5.74) is 0.574. The van der Waals surface area contributed by atoms with Gasteiger partial charge in [0.05, 0.1) is 22.8 Å². The van der Waals surface area contributed by atoms with E-state index in [9.17, 15) is 17.6 Å². The zero-order chi connectivity index (χ0) is 25.0. The van der Waals surface area contributed by atoms with Crippen LogP contribution in [-0.2, 0) is 14.8 Å². The lowest BCUT2D eigenvalue weighted by molar-refractivity contribution is 0.0730. The van der Waals surface area contributed by atoms with Gasteiger partial charge in [-0.25, -0.2) is 17.8 Å². The molecule has 1 aliphatic heterocycles. The number of halogens is 1. The second-order valence-electron chi connectivity index (χ2n) is 8.11. The predicted molar refractivity (Wildman–Crippen MR) is 135 cm³/mol. The molecule has 0 unspecified atom stereocenters. The predicted octanol–water partition coefficient (Wildman–Crippen LogP) is 3.44. The van der Waals surface area contributed by atoms with Crippen molar-refractivity contribution in [3.63, 3.8) is 0 Å². The molecule has 188 valence electrons. The number of fused-ring (bicyclic) bond motifs is 1. The van der Waals surface area contributed by atoms with Crippen LogP contribution in [0.15, 0.2) is 47.4 Å². The molecule has 0 saturated carbocycles. The van der Waals surface area contributed by atoms with E-state index in [-0.39, 0.29) is 16.3 Å². The van der Waals surface area contributed by atoms with E-state index < -0.39 is 15.8 Å². The summed E-state index contributed by atoms with van der Waals surface area (Å²) in [5.74, 6) is -0.745. The van der Waals surface area contributed by atoms with E-state index in [1.807, 2.05) is 0 Å². The minimum absolute atomic E-state index is 0.132. The molecular weight excluding hydrogens is 491 g/mol. The lowest BCUT2D eigenvalue weighted by Gasteiger charge is -2.26. The Labute approximate surface area is 209 Å². The van der Waals surface area contributed by atoms with Gasteiger partial charge in [-0.05, 0) is 49.5 Å². The summed E-state index contributed by atoms with van der Waals surface area (Å²) in [6.45, 7) is 8.10.